The molecule has 1 saturated carbocycles. The van der Waals surface area contributed by atoms with Crippen molar-refractivity contribution in [1.82, 2.24) is 5.32 Å². The number of carbonyl (C=O) groups excluding carboxylic acids is 1. The van der Waals surface area contributed by atoms with Crippen molar-refractivity contribution < 1.29 is 4.79 Å². The summed E-state index contributed by atoms with van der Waals surface area (Å²) in [6.45, 7) is 4.18. The van der Waals surface area contributed by atoms with Crippen molar-refractivity contribution in [1.29, 1.82) is 0 Å². The number of rotatable bonds is 5. The van der Waals surface area contributed by atoms with Crippen LogP contribution in [0.5, 0.6) is 0 Å². The number of nitrogens with one attached hydrogen (secondary N) is 1. The lowest BCUT2D eigenvalue weighted by Crippen LogP contribution is -2.38. The molecule has 1 aliphatic rings. The van der Waals surface area contributed by atoms with Crippen LogP contribution >= 0.6 is 0 Å². The fourth-order valence-electron chi connectivity index (χ4n) is 1.54. The topological polar surface area (TPSA) is 55.1 Å². The summed E-state index contributed by atoms with van der Waals surface area (Å²) in [4.78, 5) is 10.6. The quantitative estimate of drug-likeness (QED) is 0.636. The minimum atomic E-state index is -0.224. The summed E-state index contributed by atoms with van der Waals surface area (Å²) >= 11 is 0. The van der Waals surface area contributed by atoms with Gasteiger partial charge in [0.1, 0.15) is 0 Å². The van der Waals surface area contributed by atoms with Gasteiger partial charge in [-0.15, -0.1) is 0 Å². The molecule has 3 N–H and O–H groups in total. The third-order valence-electron chi connectivity index (χ3n) is 2.38. The fourth-order valence-corrected chi connectivity index (χ4v) is 1.54. The highest BCUT2D eigenvalue weighted by atomic mass is 16.1. The van der Waals surface area contributed by atoms with Crippen LogP contribution in [0.4, 0.5) is 0 Å². The van der Waals surface area contributed by atoms with Gasteiger partial charge in [0.2, 0.25) is 5.91 Å². The van der Waals surface area contributed by atoms with Gasteiger partial charge >= 0.3 is 0 Å². The van der Waals surface area contributed by atoms with E-state index in [-0.39, 0.29) is 11.9 Å². The second-order valence-electron chi connectivity index (χ2n) is 3.86. The highest BCUT2D eigenvalue weighted by Crippen LogP contribution is 2.32. The van der Waals surface area contributed by atoms with Gasteiger partial charge < -0.3 is 11.1 Å². The predicted octanol–water partition coefficient (Wildman–Crippen LogP) is 0.638. The molecule has 0 spiro atoms. The molecule has 0 aliphatic heterocycles. The van der Waals surface area contributed by atoms with Crippen molar-refractivity contribution in [3.8, 4) is 0 Å². The maximum atomic E-state index is 10.6. The zero-order valence-corrected chi connectivity index (χ0v) is 7.84. The molecule has 12 heavy (non-hydrogen) atoms. The molecule has 2 unspecified atom stereocenters. The molecule has 0 aromatic rings. The highest BCUT2D eigenvalue weighted by molar-refractivity contribution is 5.74. The summed E-state index contributed by atoms with van der Waals surface area (Å²) < 4.78 is 0. The van der Waals surface area contributed by atoms with Gasteiger partial charge in [-0.3, -0.25) is 4.79 Å². The molecule has 0 bridgehead atoms. The molecule has 0 heterocycles. The van der Waals surface area contributed by atoms with Crippen molar-refractivity contribution in [2.45, 2.75) is 45.2 Å². The van der Waals surface area contributed by atoms with E-state index in [0.29, 0.717) is 12.5 Å². The predicted molar refractivity (Wildman–Crippen MR) is 48.6 cm³/mol. The average molecular weight is 170 g/mol. The van der Waals surface area contributed by atoms with Gasteiger partial charge in [-0.05, 0) is 32.6 Å². The number of carbonyl (C=O) groups is 1. The summed E-state index contributed by atoms with van der Waals surface area (Å²) in [6.07, 6.45) is 3.10. The monoisotopic (exact) mass is 170 g/mol. The smallest absolute Gasteiger partial charge is 0.218 e. The minimum Gasteiger partial charge on any atom is -0.370 e. The zero-order chi connectivity index (χ0) is 9.14. The molecule has 1 aliphatic carbocycles. The second-order valence-corrected chi connectivity index (χ2v) is 3.86. The number of primary amides is 1. The zero-order valence-electron chi connectivity index (χ0n) is 7.84. The van der Waals surface area contributed by atoms with E-state index < -0.39 is 0 Å². The molecule has 0 saturated heterocycles. The molecule has 2 atom stereocenters. The Bertz CT molecular complexity index is 166. The number of hydrogen-bond donors (Lipinski definition) is 2. The minimum absolute atomic E-state index is 0.220. The molecule has 1 fully saturated rings. The Hall–Kier alpha value is -0.570. The lowest BCUT2D eigenvalue weighted by molar-refractivity contribution is -0.118. The van der Waals surface area contributed by atoms with E-state index >= 15 is 0 Å². The number of amides is 1. The van der Waals surface area contributed by atoms with E-state index in [2.05, 4.69) is 12.2 Å². The number of nitrogens with two attached hydrogens (primary N) is 1. The molecular formula is C9H18N2O. The van der Waals surface area contributed by atoms with Crippen LogP contribution in [0.15, 0.2) is 0 Å². The van der Waals surface area contributed by atoms with Crippen LogP contribution in [0.3, 0.4) is 0 Å². The summed E-state index contributed by atoms with van der Waals surface area (Å²) in [7, 11) is 0. The van der Waals surface area contributed by atoms with Crippen LogP contribution in [-0.4, -0.2) is 18.0 Å². The second kappa shape index (κ2) is 3.90. The van der Waals surface area contributed by atoms with E-state index in [0.717, 1.165) is 5.92 Å². The first-order chi connectivity index (χ1) is 5.59. The molecule has 70 valence electrons. The Morgan fingerprint density at radius 1 is 1.58 bits per heavy atom. The van der Waals surface area contributed by atoms with Crippen LogP contribution in [-0.2, 0) is 4.79 Å². The van der Waals surface area contributed by atoms with Crippen LogP contribution < -0.4 is 11.1 Å². The molecule has 3 heteroatoms. The summed E-state index contributed by atoms with van der Waals surface area (Å²) in [6, 6.07) is 0.762. The first-order valence-corrected chi connectivity index (χ1v) is 4.64. The molecule has 1 amide bonds. The average Bonchev–Trinajstić information content (AvgIpc) is 2.63. The van der Waals surface area contributed by atoms with E-state index in [1.165, 1.54) is 12.8 Å². The third-order valence-corrected chi connectivity index (χ3v) is 2.38. The Morgan fingerprint density at radius 2 is 2.17 bits per heavy atom. The van der Waals surface area contributed by atoms with E-state index in [9.17, 15) is 4.79 Å². The van der Waals surface area contributed by atoms with E-state index in [1.807, 2.05) is 6.92 Å². The SMILES string of the molecule is CC(CC(N)=O)NC(C)C1CC1. The Balaban J connectivity index is 2.15. The van der Waals surface area contributed by atoms with Gasteiger partial charge in [0.05, 0.1) is 0 Å². The van der Waals surface area contributed by atoms with E-state index in [1.54, 1.807) is 0 Å². The van der Waals surface area contributed by atoms with Crippen LogP contribution in [0.25, 0.3) is 0 Å². The van der Waals surface area contributed by atoms with Gasteiger partial charge in [0.15, 0.2) is 0 Å². The van der Waals surface area contributed by atoms with Gasteiger partial charge in [-0.1, -0.05) is 0 Å². The Kier molecular flexibility index (Phi) is 3.09. The Morgan fingerprint density at radius 3 is 2.58 bits per heavy atom. The van der Waals surface area contributed by atoms with E-state index in [4.69, 9.17) is 5.73 Å². The summed E-state index contributed by atoms with van der Waals surface area (Å²) in [5.41, 5.74) is 5.08. The standard InChI is InChI=1S/C9H18N2O/c1-6(5-9(10)12)11-7(2)8-3-4-8/h6-8,11H,3-5H2,1-2H3,(H2,10,12). The van der Waals surface area contributed by atoms with Crippen molar-refractivity contribution in [3.63, 3.8) is 0 Å². The van der Waals surface area contributed by atoms with Crippen LogP contribution in [0.1, 0.15) is 33.1 Å². The van der Waals surface area contributed by atoms with Gasteiger partial charge in [-0.25, -0.2) is 0 Å². The maximum absolute atomic E-state index is 10.6. The highest BCUT2D eigenvalue weighted by Gasteiger charge is 2.28. The van der Waals surface area contributed by atoms with Gasteiger partial charge in [0.25, 0.3) is 0 Å². The fraction of sp³-hybridized carbons (Fsp3) is 0.889. The van der Waals surface area contributed by atoms with Gasteiger partial charge in [-0.2, -0.15) is 0 Å². The summed E-state index contributed by atoms with van der Waals surface area (Å²) in [5.74, 6) is 0.610. The van der Waals surface area contributed by atoms with Crippen molar-refractivity contribution in [3.05, 3.63) is 0 Å². The number of hydrogen-bond acceptors (Lipinski definition) is 2. The summed E-state index contributed by atoms with van der Waals surface area (Å²) in [5, 5.41) is 3.37. The first-order valence-electron chi connectivity index (χ1n) is 4.64. The lowest BCUT2D eigenvalue weighted by Gasteiger charge is -2.18. The maximum Gasteiger partial charge on any atom is 0.218 e. The van der Waals surface area contributed by atoms with Crippen LogP contribution in [0.2, 0.25) is 0 Å². The largest absolute Gasteiger partial charge is 0.370 e. The molecular weight excluding hydrogens is 152 g/mol. The lowest BCUT2D eigenvalue weighted by atomic mass is 10.1. The van der Waals surface area contributed by atoms with Crippen molar-refractivity contribution in [2.24, 2.45) is 11.7 Å². The normalized spacial score (nSPS) is 21.8. The molecule has 0 aromatic carbocycles. The Labute approximate surface area is 73.7 Å². The molecule has 0 radical (unpaired) electrons. The molecule has 1 rings (SSSR count). The molecule has 3 nitrogen and oxygen atoms in total. The van der Waals surface area contributed by atoms with Crippen LogP contribution in [0, 0.1) is 5.92 Å². The first kappa shape index (κ1) is 9.52. The van der Waals surface area contributed by atoms with Crippen molar-refractivity contribution >= 4 is 5.91 Å². The van der Waals surface area contributed by atoms with Crippen molar-refractivity contribution in [2.75, 3.05) is 0 Å². The molecule has 0 aromatic heterocycles. The third kappa shape index (κ3) is 3.22. The van der Waals surface area contributed by atoms with Gasteiger partial charge in [0, 0.05) is 18.5 Å².